The molecule has 1 aromatic heterocycles. The summed E-state index contributed by atoms with van der Waals surface area (Å²) in [4.78, 5) is 27.3. The normalized spacial score (nSPS) is 16.7. The molecule has 0 spiro atoms. The lowest BCUT2D eigenvalue weighted by Gasteiger charge is -2.22. The van der Waals surface area contributed by atoms with Gasteiger partial charge in [-0.3, -0.25) is 0 Å². The van der Waals surface area contributed by atoms with Gasteiger partial charge in [0.15, 0.2) is 0 Å². The second-order valence-corrected chi connectivity index (χ2v) is 8.74. The first-order chi connectivity index (χ1) is 13.2. The number of nitrogens with two attached hydrogens (primary N) is 1. The Morgan fingerprint density at radius 2 is 2.07 bits per heavy atom. The van der Waals surface area contributed by atoms with E-state index in [1.54, 1.807) is 22.3 Å². The summed E-state index contributed by atoms with van der Waals surface area (Å²) >= 11 is 1.63. The average molecular weight is 403 g/mol. The molecule has 150 valence electrons. The van der Waals surface area contributed by atoms with Crippen LogP contribution < -0.4 is 16.4 Å². The maximum Gasteiger partial charge on any atom is 0.407 e. The summed E-state index contributed by atoms with van der Waals surface area (Å²) in [6.45, 7) is 6.42. The van der Waals surface area contributed by atoms with Gasteiger partial charge in [0.2, 0.25) is 0 Å². The van der Waals surface area contributed by atoms with Gasteiger partial charge in [-0.25, -0.2) is 9.59 Å². The van der Waals surface area contributed by atoms with Gasteiger partial charge in [0.1, 0.15) is 5.60 Å². The third-order valence-electron chi connectivity index (χ3n) is 4.30. The van der Waals surface area contributed by atoms with E-state index < -0.39 is 11.7 Å². The Labute approximate surface area is 168 Å². The van der Waals surface area contributed by atoms with Gasteiger partial charge in [-0.2, -0.15) is 0 Å². The van der Waals surface area contributed by atoms with Gasteiger partial charge < -0.3 is 26.0 Å². The second-order valence-electron chi connectivity index (χ2n) is 7.79. The monoisotopic (exact) mass is 402 g/mol. The Bertz CT molecular complexity index is 846. The van der Waals surface area contributed by atoms with Crippen molar-refractivity contribution in [3.63, 3.8) is 0 Å². The summed E-state index contributed by atoms with van der Waals surface area (Å²) in [6, 6.07) is 9.26. The number of nitrogen functional groups attached to an aromatic ring is 1. The van der Waals surface area contributed by atoms with E-state index in [0.29, 0.717) is 30.9 Å². The minimum Gasteiger partial charge on any atom is -0.444 e. The van der Waals surface area contributed by atoms with Crippen LogP contribution in [0, 0.1) is 0 Å². The van der Waals surface area contributed by atoms with E-state index in [2.05, 4.69) is 10.6 Å². The van der Waals surface area contributed by atoms with Gasteiger partial charge in [0.05, 0.1) is 17.4 Å². The number of nitrogens with zero attached hydrogens (tertiary/aromatic N) is 1. The number of alkyl carbamates (subject to hydrolysis) is 1. The fourth-order valence-electron chi connectivity index (χ4n) is 2.99. The highest BCUT2D eigenvalue weighted by atomic mass is 32.1. The van der Waals surface area contributed by atoms with E-state index in [1.165, 1.54) is 0 Å². The second kappa shape index (κ2) is 8.10. The number of amides is 3. The number of carbonyl (C=O) groups excluding carboxylic acids is 2. The number of likely N-dealkylation sites (tertiary alicyclic amines) is 1. The molecular formula is C20H26N4O3S. The minimum atomic E-state index is -0.551. The Kier molecular flexibility index (Phi) is 5.79. The van der Waals surface area contributed by atoms with Crippen molar-refractivity contribution in [1.82, 2.24) is 10.2 Å². The van der Waals surface area contributed by atoms with Crippen molar-refractivity contribution in [2.45, 2.75) is 38.8 Å². The predicted octanol–water partition coefficient (Wildman–Crippen LogP) is 4.13. The number of hydrogen-bond donors (Lipinski definition) is 3. The molecule has 1 aliphatic rings. The van der Waals surface area contributed by atoms with Crippen LogP contribution in [0.3, 0.4) is 0 Å². The number of benzene rings is 1. The Morgan fingerprint density at radius 3 is 2.75 bits per heavy atom. The number of ether oxygens (including phenoxy) is 1. The topological polar surface area (TPSA) is 96.7 Å². The number of nitrogens with one attached hydrogen (secondary N) is 2. The third kappa shape index (κ3) is 5.16. The van der Waals surface area contributed by atoms with Gasteiger partial charge in [-0.05, 0) is 56.3 Å². The van der Waals surface area contributed by atoms with Crippen LogP contribution in [0.4, 0.5) is 21.0 Å². The van der Waals surface area contributed by atoms with Gasteiger partial charge in [-0.15, -0.1) is 11.3 Å². The van der Waals surface area contributed by atoms with Crippen molar-refractivity contribution in [3.8, 4) is 10.4 Å². The summed E-state index contributed by atoms with van der Waals surface area (Å²) in [5.41, 5.74) is 7.59. The average Bonchev–Trinajstić information content (AvgIpc) is 3.26. The number of urea groups is 1. The molecule has 3 rings (SSSR count). The lowest BCUT2D eigenvalue weighted by molar-refractivity contribution is 0.0506. The molecule has 0 aliphatic carbocycles. The lowest BCUT2D eigenvalue weighted by Crippen LogP contribution is -2.42. The summed E-state index contributed by atoms with van der Waals surface area (Å²) in [7, 11) is 0. The van der Waals surface area contributed by atoms with Crippen LogP contribution >= 0.6 is 11.3 Å². The van der Waals surface area contributed by atoms with Crippen LogP contribution in [0.15, 0.2) is 35.7 Å². The zero-order valence-corrected chi connectivity index (χ0v) is 17.1. The molecule has 8 heteroatoms. The predicted molar refractivity (Wildman–Crippen MR) is 113 cm³/mol. The Morgan fingerprint density at radius 1 is 1.29 bits per heavy atom. The highest BCUT2D eigenvalue weighted by Gasteiger charge is 2.29. The SMILES string of the molecule is CC(C)(C)OC(=O)NC1CCN(C(=O)Nc2cc(-c3cccs3)ccc2N)C1. The molecule has 1 unspecified atom stereocenters. The third-order valence-corrected chi connectivity index (χ3v) is 5.22. The molecule has 3 amide bonds. The molecule has 1 fully saturated rings. The van der Waals surface area contributed by atoms with Gasteiger partial charge in [0.25, 0.3) is 0 Å². The molecule has 4 N–H and O–H groups in total. The lowest BCUT2D eigenvalue weighted by atomic mass is 10.1. The smallest absolute Gasteiger partial charge is 0.407 e. The fraction of sp³-hybridized carbons (Fsp3) is 0.400. The molecule has 2 heterocycles. The van der Waals surface area contributed by atoms with E-state index in [-0.39, 0.29) is 12.1 Å². The van der Waals surface area contributed by atoms with Crippen LogP contribution in [0.5, 0.6) is 0 Å². The van der Waals surface area contributed by atoms with Crippen LogP contribution in [-0.2, 0) is 4.74 Å². The van der Waals surface area contributed by atoms with Crippen LogP contribution in [0.25, 0.3) is 10.4 Å². The molecule has 2 aromatic rings. The molecule has 1 aromatic carbocycles. The summed E-state index contributed by atoms with van der Waals surface area (Å²) in [5, 5.41) is 7.71. The van der Waals surface area contributed by atoms with Crippen molar-refractivity contribution >= 4 is 34.8 Å². The molecule has 28 heavy (non-hydrogen) atoms. The van der Waals surface area contributed by atoms with Crippen LogP contribution in [-0.4, -0.2) is 41.8 Å². The molecule has 1 atom stereocenters. The van der Waals surface area contributed by atoms with Crippen molar-refractivity contribution < 1.29 is 14.3 Å². The molecule has 0 bridgehead atoms. The minimum absolute atomic E-state index is 0.129. The number of carbonyl (C=O) groups is 2. The summed E-state index contributed by atoms with van der Waals surface area (Å²) < 4.78 is 5.27. The maximum absolute atomic E-state index is 12.6. The highest BCUT2D eigenvalue weighted by molar-refractivity contribution is 7.13. The molecule has 1 saturated heterocycles. The molecule has 7 nitrogen and oxygen atoms in total. The van der Waals surface area contributed by atoms with E-state index in [4.69, 9.17) is 10.5 Å². The van der Waals surface area contributed by atoms with Gasteiger partial charge in [0, 0.05) is 18.0 Å². The molecular weight excluding hydrogens is 376 g/mol. The van der Waals surface area contributed by atoms with Crippen LogP contribution in [0.1, 0.15) is 27.2 Å². The first kappa shape index (κ1) is 20.0. The van der Waals surface area contributed by atoms with Crippen molar-refractivity contribution in [2.75, 3.05) is 24.1 Å². The van der Waals surface area contributed by atoms with E-state index in [1.807, 2.05) is 50.4 Å². The number of rotatable bonds is 3. The first-order valence-electron chi connectivity index (χ1n) is 9.20. The van der Waals surface area contributed by atoms with E-state index >= 15 is 0 Å². The highest BCUT2D eigenvalue weighted by Crippen LogP contribution is 2.30. The number of hydrogen-bond acceptors (Lipinski definition) is 5. The van der Waals surface area contributed by atoms with Crippen molar-refractivity contribution in [3.05, 3.63) is 35.7 Å². The quantitative estimate of drug-likeness (QED) is 0.673. The van der Waals surface area contributed by atoms with Crippen LogP contribution in [0.2, 0.25) is 0 Å². The molecule has 0 saturated carbocycles. The first-order valence-corrected chi connectivity index (χ1v) is 10.1. The van der Waals surface area contributed by atoms with E-state index in [0.717, 1.165) is 10.4 Å². The number of anilines is 2. The zero-order valence-electron chi connectivity index (χ0n) is 16.3. The Hall–Kier alpha value is -2.74. The molecule has 0 radical (unpaired) electrons. The van der Waals surface area contributed by atoms with Gasteiger partial charge in [-0.1, -0.05) is 12.1 Å². The van der Waals surface area contributed by atoms with Crippen molar-refractivity contribution in [2.24, 2.45) is 0 Å². The fourth-order valence-corrected chi connectivity index (χ4v) is 3.72. The molecule has 1 aliphatic heterocycles. The summed E-state index contributed by atoms with van der Waals surface area (Å²) in [5.74, 6) is 0. The van der Waals surface area contributed by atoms with E-state index in [9.17, 15) is 9.59 Å². The number of thiophene rings is 1. The largest absolute Gasteiger partial charge is 0.444 e. The standard InChI is InChI=1S/C20H26N4O3S/c1-20(2,3)27-19(26)22-14-8-9-24(12-14)18(25)23-16-11-13(6-7-15(16)21)17-5-4-10-28-17/h4-7,10-11,14H,8-9,12,21H2,1-3H3,(H,22,26)(H,23,25). The maximum atomic E-state index is 12.6. The van der Waals surface area contributed by atoms with Crippen molar-refractivity contribution in [1.29, 1.82) is 0 Å². The Balaban J connectivity index is 1.59. The summed E-state index contributed by atoms with van der Waals surface area (Å²) in [6.07, 6.45) is 0.213. The van der Waals surface area contributed by atoms with Gasteiger partial charge >= 0.3 is 12.1 Å². The zero-order chi connectivity index (χ0) is 20.3.